The number of benzene rings is 2. The molecule has 2 fully saturated rings. The van der Waals surface area contributed by atoms with Gasteiger partial charge in [-0.25, -0.2) is 9.49 Å². The minimum Gasteiger partial charge on any atom is -0.497 e. The van der Waals surface area contributed by atoms with Crippen LogP contribution in [0.15, 0.2) is 42.5 Å². The maximum Gasteiger partial charge on any atom is 0.149 e. The lowest BCUT2D eigenvalue weighted by atomic mass is 9.79. The van der Waals surface area contributed by atoms with Gasteiger partial charge < -0.3 is 9.47 Å². The van der Waals surface area contributed by atoms with Crippen LogP contribution in [0.5, 0.6) is 11.5 Å². The highest BCUT2D eigenvalue weighted by atomic mass is 19.1. The van der Waals surface area contributed by atoms with E-state index < -0.39 is 0 Å². The van der Waals surface area contributed by atoms with Crippen molar-refractivity contribution in [2.75, 3.05) is 13.7 Å². The Kier molecular flexibility index (Phi) is 6.55. The van der Waals surface area contributed by atoms with Gasteiger partial charge >= 0.3 is 0 Å². The van der Waals surface area contributed by atoms with Crippen LogP contribution >= 0.6 is 0 Å². The number of aromatic amines is 1. The van der Waals surface area contributed by atoms with Gasteiger partial charge in [0, 0.05) is 6.42 Å². The monoisotopic (exact) mass is 450 g/mol. The van der Waals surface area contributed by atoms with E-state index in [1.165, 1.54) is 24.5 Å². The summed E-state index contributed by atoms with van der Waals surface area (Å²) in [5, 5.41) is 14.4. The number of halogens is 1. The molecule has 174 valence electrons. The third kappa shape index (κ3) is 5.34. The van der Waals surface area contributed by atoms with E-state index in [0.717, 1.165) is 55.0 Å². The zero-order valence-electron chi connectivity index (χ0n) is 19.0. The predicted molar refractivity (Wildman–Crippen MR) is 123 cm³/mol. The normalized spacial score (nSPS) is 21.5. The molecule has 0 saturated heterocycles. The van der Waals surface area contributed by atoms with Crippen LogP contribution in [-0.2, 0) is 6.42 Å². The van der Waals surface area contributed by atoms with E-state index in [1.54, 1.807) is 13.2 Å². The highest BCUT2D eigenvalue weighted by Gasteiger charge is 2.33. The largest absolute Gasteiger partial charge is 0.497 e. The van der Waals surface area contributed by atoms with Gasteiger partial charge in [0.1, 0.15) is 23.1 Å². The van der Waals surface area contributed by atoms with Crippen molar-refractivity contribution >= 4 is 0 Å². The van der Waals surface area contributed by atoms with Crippen LogP contribution in [-0.4, -0.2) is 34.3 Å². The summed E-state index contributed by atoms with van der Waals surface area (Å²) < 4.78 is 25.9. The number of aromatic nitrogens is 4. The second-order valence-electron chi connectivity index (χ2n) is 9.48. The Balaban J connectivity index is 1.16. The van der Waals surface area contributed by atoms with E-state index in [1.807, 2.05) is 12.1 Å². The lowest BCUT2D eigenvalue weighted by Gasteiger charge is -2.29. The van der Waals surface area contributed by atoms with Crippen molar-refractivity contribution in [3.63, 3.8) is 0 Å². The van der Waals surface area contributed by atoms with Gasteiger partial charge in [-0.3, -0.25) is 0 Å². The molecule has 6 nitrogen and oxygen atoms in total. The first-order chi connectivity index (χ1) is 16.2. The third-order valence-corrected chi connectivity index (χ3v) is 7.26. The topological polar surface area (TPSA) is 72.9 Å². The molecule has 0 bridgehead atoms. The van der Waals surface area contributed by atoms with E-state index in [2.05, 4.69) is 38.8 Å². The van der Waals surface area contributed by atoms with Gasteiger partial charge in [-0.15, -0.1) is 5.10 Å². The molecule has 2 aliphatic carbocycles. The first-order valence-electron chi connectivity index (χ1n) is 12.0. The highest BCUT2D eigenvalue weighted by molar-refractivity contribution is 5.33. The number of nitrogens with one attached hydrogen (secondary N) is 1. The summed E-state index contributed by atoms with van der Waals surface area (Å²) in [6, 6.07) is 13.6. The zero-order chi connectivity index (χ0) is 22.6. The van der Waals surface area contributed by atoms with Gasteiger partial charge in [-0.05, 0) is 114 Å². The van der Waals surface area contributed by atoms with Crippen molar-refractivity contribution in [3.8, 4) is 11.5 Å². The maximum atomic E-state index is 14.3. The molecule has 2 aromatic carbocycles. The first kappa shape index (κ1) is 21.9. The Labute approximate surface area is 193 Å². The van der Waals surface area contributed by atoms with Crippen LogP contribution in [0.3, 0.4) is 0 Å². The molecule has 2 saturated carbocycles. The first-order valence-corrected chi connectivity index (χ1v) is 12.0. The molecule has 7 heteroatoms. The second-order valence-corrected chi connectivity index (χ2v) is 9.48. The number of hydrogen-bond donors (Lipinski definition) is 1. The fraction of sp³-hybridized carbons (Fsp3) is 0.500. The lowest BCUT2D eigenvalue weighted by molar-refractivity contribution is 0.199. The van der Waals surface area contributed by atoms with E-state index in [0.29, 0.717) is 24.4 Å². The number of ether oxygens (including phenoxy) is 2. The molecule has 5 rings (SSSR count). The van der Waals surface area contributed by atoms with Crippen LogP contribution in [0.25, 0.3) is 0 Å². The molecule has 0 amide bonds. The summed E-state index contributed by atoms with van der Waals surface area (Å²) in [7, 11) is 1.62. The summed E-state index contributed by atoms with van der Waals surface area (Å²) in [6.45, 7) is 0.705. The van der Waals surface area contributed by atoms with Gasteiger partial charge in [0.25, 0.3) is 0 Å². The van der Waals surface area contributed by atoms with E-state index >= 15 is 0 Å². The Morgan fingerprint density at radius 1 is 1.03 bits per heavy atom. The number of tetrazole rings is 1. The summed E-state index contributed by atoms with van der Waals surface area (Å²) >= 11 is 0. The molecule has 2 aliphatic rings. The standard InChI is InChI=1S/C26H31FN4O2/c1-32-21-11-12-25(27)24(14-21)19-7-5-17(6-8-19)16-33-22-4-2-3-20(13-22)23(18-9-10-18)15-26-28-30-31-29-26/h2-4,11-14,17-19,23H,5-10,15-16H2,1H3,(H,28,29,30,31)/t17-,19+,23?. The number of hydrogen-bond acceptors (Lipinski definition) is 5. The summed E-state index contributed by atoms with van der Waals surface area (Å²) in [4.78, 5) is 0. The van der Waals surface area contributed by atoms with E-state index in [-0.39, 0.29) is 11.7 Å². The molecule has 3 aromatic rings. The number of rotatable bonds is 9. The molecular formula is C26H31FN4O2. The minimum atomic E-state index is -0.126. The summed E-state index contributed by atoms with van der Waals surface area (Å²) in [5.74, 6) is 4.22. The van der Waals surface area contributed by atoms with E-state index in [9.17, 15) is 4.39 Å². The Morgan fingerprint density at radius 2 is 1.88 bits per heavy atom. The zero-order valence-corrected chi connectivity index (χ0v) is 19.0. The molecule has 0 spiro atoms. The average molecular weight is 451 g/mol. The van der Waals surface area contributed by atoms with Gasteiger partial charge in [-0.1, -0.05) is 12.1 Å². The predicted octanol–water partition coefficient (Wildman–Crippen LogP) is 5.44. The molecule has 1 atom stereocenters. The molecule has 1 aromatic heterocycles. The number of nitrogens with zero attached hydrogens (tertiary/aromatic N) is 3. The van der Waals surface area contributed by atoms with Gasteiger partial charge in [0.2, 0.25) is 0 Å². The van der Waals surface area contributed by atoms with Crippen molar-refractivity contribution in [2.45, 2.75) is 56.8 Å². The molecular weight excluding hydrogens is 419 g/mol. The molecule has 1 unspecified atom stereocenters. The summed E-state index contributed by atoms with van der Waals surface area (Å²) in [5.41, 5.74) is 2.08. The van der Waals surface area contributed by atoms with Crippen molar-refractivity contribution < 1.29 is 13.9 Å². The van der Waals surface area contributed by atoms with Crippen LogP contribution in [0.4, 0.5) is 4.39 Å². The van der Waals surface area contributed by atoms with Crippen LogP contribution in [0.2, 0.25) is 0 Å². The lowest BCUT2D eigenvalue weighted by Crippen LogP contribution is -2.20. The van der Waals surface area contributed by atoms with Gasteiger partial charge in [-0.2, -0.15) is 0 Å². The minimum absolute atomic E-state index is 0.126. The van der Waals surface area contributed by atoms with Gasteiger partial charge in [0.05, 0.1) is 13.7 Å². The van der Waals surface area contributed by atoms with Crippen molar-refractivity contribution in [1.82, 2.24) is 20.6 Å². The number of methoxy groups -OCH3 is 1. The molecule has 1 heterocycles. The van der Waals surface area contributed by atoms with Crippen molar-refractivity contribution in [2.24, 2.45) is 11.8 Å². The Hall–Kier alpha value is -2.96. The SMILES string of the molecule is COc1ccc(F)c([C@H]2CC[C@@H](COc3cccc(C(Cc4nnn[nH]4)C4CC4)c3)CC2)c1. The Morgan fingerprint density at radius 3 is 2.61 bits per heavy atom. The second kappa shape index (κ2) is 9.89. The van der Waals surface area contributed by atoms with Crippen LogP contribution < -0.4 is 9.47 Å². The fourth-order valence-electron chi connectivity index (χ4n) is 5.18. The average Bonchev–Trinajstić information content (AvgIpc) is 3.57. The Bertz CT molecular complexity index is 1050. The molecule has 33 heavy (non-hydrogen) atoms. The summed E-state index contributed by atoms with van der Waals surface area (Å²) in [6.07, 6.45) is 7.39. The fourth-order valence-corrected chi connectivity index (χ4v) is 5.18. The maximum absolute atomic E-state index is 14.3. The molecule has 0 radical (unpaired) electrons. The smallest absolute Gasteiger partial charge is 0.149 e. The number of H-pyrrole nitrogens is 1. The van der Waals surface area contributed by atoms with Gasteiger partial charge in [0.15, 0.2) is 0 Å². The quantitative estimate of drug-likeness (QED) is 0.470. The van der Waals surface area contributed by atoms with Crippen molar-refractivity contribution in [3.05, 3.63) is 65.2 Å². The third-order valence-electron chi connectivity index (χ3n) is 7.26. The van der Waals surface area contributed by atoms with Crippen LogP contribution in [0.1, 0.15) is 67.3 Å². The van der Waals surface area contributed by atoms with Crippen molar-refractivity contribution in [1.29, 1.82) is 0 Å². The van der Waals surface area contributed by atoms with E-state index in [4.69, 9.17) is 9.47 Å². The van der Waals surface area contributed by atoms with Crippen LogP contribution in [0, 0.1) is 17.7 Å². The molecule has 1 N–H and O–H groups in total. The molecule has 0 aliphatic heterocycles. The highest BCUT2D eigenvalue weighted by Crippen LogP contribution is 2.44.